The first-order valence-corrected chi connectivity index (χ1v) is 6.31. The smallest absolute Gasteiger partial charge is 0.187 e. The topological polar surface area (TPSA) is 51.7 Å². The lowest BCUT2D eigenvalue weighted by Gasteiger charge is -2.13. The van der Waals surface area contributed by atoms with Crippen LogP contribution in [0.4, 0.5) is 5.13 Å². The Hall–Kier alpha value is -0.690. The lowest BCUT2D eigenvalue weighted by atomic mass is 10.3. The third-order valence-electron chi connectivity index (χ3n) is 2.80. The molecule has 7 heteroatoms. The average molecular weight is 277 g/mol. The van der Waals surface area contributed by atoms with Crippen molar-refractivity contribution in [2.45, 2.75) is 12.2 Å². The van der Waals surface area contributed by atoms with Gasteiger partial charge in [-0.3, -0.25) is 4.79 Å². The summed E-state index contributed by atoms with van der Waals surface area (Å²) < 4.78 is 10.7. The standard InChI is InChI=1S/C10H13ClN2O3S/c1-15-6-3-13(4-7(6)16-2)10-12-9(11)8(5-14)17-10/h5-7H,3-4H2,1-2H3. The van der Waals surface area contributed by atoms with E-state index in [1.54, 1.807) is 14.2 Å². The third-order valence-corrected chi connectivity index (χ3v) is 4.24. The molecular formula is C10H13ClN2O3S. The molecule has 1 saturated heterocycles. The SMILES string of the molecule is COC1CN(c2nc(Cl)c(C=O)s2)CC1OC. The van der Waals surface area contributed by atoms with Crippen molar-refractivity contribution >= 4 is 34.4 Å². The largest absolute Gasteiger partial charge is 0.377 e. The Labute approximate surface area is 108 Å². The van der Waals surface area contributed by atoms with Crippen LogP contribution >= 0.6 is 22.9 Å². The van der Waals surface area contributed by atoms with Crippen molar-refractivity contribution in [3.8, 4) is 0 Å². The number of carbonyl (C=O) groups excluding carboxylic acids is 1. The summed E-state index contributed by atoms with van der Waals surface area (Å²) in [7, 11) is 3.32. The summed E-state index contributed by atoms with van der Waals surface area (Å²) in [5, 5.41) is 0.994. The normalized spacial score (nSPS) is 24.3. The molecule has 2 rings (SSSR count). The van der Waals surface area contributed by atoms with E-state index in [1.165, 1.54) is 11.3 Å². The molecule has 1 aliphatic rings. The number of carbonyl (C=O) groups is 1. The van der Waals surface area contributed by atoms with E-state index < -0.39 is 0 Å². The van der Waals surface area contributed by atoms with Crippen molar-refractivity contribution in [2.75, 3.05) is 32.2 Å². The molecule has 0 radical (unpaired) electrons. The average Bonchev–Trinajstić information content (AvgIpc) is 2.91. The van der Waals surface area contributed by atoms with Gasteiger partial charge in [-0.25, -0.2) is 4.98 Å². The molecule has 5 nitrogen and oxygen atoms in total. The fourth-order valence-corrected chi connectivity index (χ4v) is 2.94. The van der Waals surface area contributed by atoms with Crippen LogP contribution in [0.3, 0.4) is 0 Å². The molecule has 1 aromatic rings. The van der Waals surface area contributed by atoms with Gasteiger partial charge in [0.05, 0.1) is 0 Å². The van der Waals surface area contributed by atoms with Crippen LogP contribution in [0.1, 0.15) is 9.67 Å². The first-order valence-electron chi connectivity index (χ1n) is 5.11. The first kappa shape index (κ1) is 12.8. The van der Waals surface area contributed by atoms with Gasteiger partial charge >= 0.3 is 0 Å². The Morgan fingerprint density at radius 1 is 1.41 bits per heavy atom. The quantitative estimate of drug-likeness (QED) is 0.780. The van der Waals surface area contributed by atoms with Crippen molar-refractivity contribution in [2.24, 2.45) is 0 Å². The Morgan fingerprint density at radius 2 is 2.00 bits per heavy atom. The van der Waals surface area contributed by atoms with Crippen LogP contribution < -0.4 is 4.90 Å². The molecule has 0 spiro atoms. The Morgan fingerprint density at radius 3 is 2.41 bits per heavy atom. The summed E-state index contributed by atoms with van der Waals surface area (Å²) in [6.07, 6.45) is 0.756. The molecule has 0 aromatic carbocycles. The molecule has 0 bridgehead atoms. The zero-order chi connectivity index (χ0) is 12.4. The molecule has 0 aliphatic carbocycles. The predicted octanol–water partition coefficient (Wildman–Crippen LogP) is 1.46. The van der Waals surface area contributed by atoms with Crippen LogP contribution in [-0.4, -0.2) is 50.8 Å². The third kappa shape index (κ3) is 2.44. The number of ether oxygens (including phenoxy) is 2. The van der Waals surface area contributed by atoms with Gasteiger partial charge in [-0.1, -0.05) is 22.9 Å². The monoisotopic (exact) mass is 276 g/mol. The lowest BCUT2D eigenvalue weighted by Crippen LogP contribution is -2.27. The highest BCUT2D eigenvalue weighted by Crippen LogP contribution is 2.31. The highest BCUT2D eigenvalue weighted by Gasteiger charge is 2.34. The second-order valence-corrected chi connectivity index (χ2v) is 5.09. The number of nitrogens with zero attached hydrogens (tertiary/aromatic N) is 2. The first-order chi connectivity index (χ1) is 8.19. The minimum absolute atomic E-state index is 0.0161. The zero-order valence-corrected chi connectivity index (χ0v) is 11.1. The molecule has 0 saturated carbocycles. The van der Waals surface area contributed by atoms with Crippen molar-refractivity contribution < 1.29 is 14.3 Å². The molecule has 1 aromatic heterocycles. The summed E-state index contributed by atoms with van der Waals surface area (Å²) in [6.45, 7) is 1.38. The second kappa shape index (κ2) is 5.30. The minimum Gasteiger partial charge on any atom is -0.377 e. The van der Waals surface area contributed by atoms with Gasteiger partial charge in [0, 0.05) is 27.3 Å². The number of aromatic nitrogens is 1. The highest BCUT2D eigenvalue weighted by molar-refractivity contribution is 7.17. The predicted molar refractivity (Wildman–Crippen MR) is 66.3 cm³/mol. The van der Waals surface area contributed by atoms with Crippen LogP contribution in [0.5, 0.6) is 0 Å². The molecular weight excluding hydrogens is 264 g/mol. The summed E-state index contributed by atoms with van der Waals surface area (Å²) in [4.78, 5) is 17.4. The molecule has 2 heterocycles. The van der Waals surface area contributed by atoms with Crippen molar-refractivity contribution in [1.29, 1.82) is 0 Å². The molecule has 0 amide bonds. The van der Waals surface area contributed by atoms with E-state index in [9.17, 15) is 4.79 Å². The lowest BCUT2D eigenvalue weighted by molar-refractivity contribution is -0.00461. The molecule has 2 unspecified atom stereocenters. The second-order valence-electron chi connectivity index (χ2n) is 3.72. The van der Waals surface area contributed by atoms with E-state index in [-0.39, 0.29) is 17.4 Å². The zero-order valence-electron chi connectivity index (χ0n) is 9.55. The number of thiazole rings is 1. The number of anilines is 1. The summed E-state index contributed by atoms with van der Waals surface area (Å²) in [5.74, 6) is 0. The molecule has 2 atom stereocenters. The maximum absolute atomic E-state index is 10.7. The Kier molecular flexibility index (Phi) is 3.98. The fraction of sp³-hybridized carbons (Fsp3) is 0.600. The fourth-order valence-electron chi connectivity index (χ4n) is 1.86. The molecule has 1 aliphatic heterocycles. The maximum atomic E-state index is 10.7. The van der Waals surface area contributed by atoms with Gasteiger partial charge in [-0.05, 0) is 0 Å². The maximum Gasteiger partial charge on any atom is 0.187 e. The van der Waals surface area contributed by atoms with E-state index in [0.717, 1.165) is 11.4 Å². The number of rotatable bonds is 4. The van der Waals surface area contributed by atoms with E-state index >= 15 is 0 Å². The van der Waals surface area contributed by atoms with E-state index in [1.807, 2.05) is 4.90 Å². The number of hydrogen-bond donors (Lipinski definition) is 0. The van der Waals surface area contributed by atoms with Crippen molar-refractivity contribution in [3.05, 3.63) is 10.0 Å². The van der Waals surface area contributed by atoms with Crippen LogP contribution in [-0.2, 0) is 9.47 Å². The Balaban J connectivity index is 2.15. The van der Waals surface area contributed by atoms with Crippen LogP contribution in [0.2, 0.25) is 5.15 Å². The number of methoxy groups -OCH3 is 2. The van der Waals surface area contributed by atoms with Gasteiger partial charge in [0.1, 0.15) is 17.1 Å². The Bertz CT molecular complexity index is 400. The van der Waals surface area contributed by atoms with Gasteiger partial charge < -0.3 is 14.4 Å². The summed E-state index contributed by atoms with van der Waals surface area (Å²) >= 11 is 7.13. The molecule has 0 N–H and O–H groups in total. The van der Waals surface area contributed by atoms with Gasteiger partial charge in [0.25, 0.3) is 0 Å². The minimum atomic E-state index is 0.0161. The van der Waals surface area contributed by atoms with Crippen molar-refractivity contribution in [1.82, 2.24) is 4.98 Å². The van der Waals surface area contributed by atoms with E-state index in [0.29, 0.717) is 18.0 Å². The number of hydrogen-bond acceptors (Lipinski definition) is 6. The number of aldehydes is 1. The number of halogens is 1. The summed E-state index contributed by atoms with van der Waals surface area (Å²) in [6, 6.07) is 0. The van der Waals surface area contributed by atoms with Gasteiger partial charge in [0.15, 0.2) is 16.6 Å². The molecule has 94 valence electrons. The van der Waals surface area contributed by atoms with Crippen molar-refractivity contribution in [3.63, 3.8) is 0 Å². The van der Waals surface area contributed by atoms with Crippen LogP contribution in [0, 0.1) is 0 Å². The highest BCUT2D eigenvalue weighted by atomic mass is 35.5. The van der Waals surface area contributed by atoms with Crippen LogP contribution in [0.25, 0.3) is 0 Å². The van der Waals surface area contributed by atoms with Gasteiger partial charge in [0.2, 0.25) is 0 Å². The molecule has 1 fully saturated rings. The van der Waals surface area contributed by atoms with E-state index in [2.05, 4.69) is 4.98 Å². The van der Waals surface area contributed by atoms with Crippen LogP contribution in [0.15, 0.2) is 0 Å². The van der Waals surface area contributed by atoms with Gasteiger partial charge in [-0.2, -0.15) is 0 Å². The molecule has 17 heavy (non-hydrogen) atoms. The van der Waals surface area contributed by atoms with E-state index in [4.69, 9.17) is 21.1 Å². The van der Waals surface area contributed by atoms with Gasteiger partial charge in [-0.15, -0.1) is 0 Å². The summed E-state index contributed by atoms with van der Waals surface area (Å²) in [5.41, 5.74) is 0.